The average molecular weight is 279 g/mol. The van der Waals surface area contributed by atoms with Crippen LogP contribution in [-0.2, 0) is 19.7 Å². The van der Waals surface area contributed by atoms with Crippen LogP contribution < -0.4 is 5.32 Å². The lowest BCUT2D eigenvalue weighted by Gasteiger charge is -2.23. The summed E-state index contributed by atoms with van der Waals surface area (Å²) in [6.07, 6.45) is 0.975. The van der Waals surface area contributed by atoms with Crippen molar-refractivity contribution in [2.24, 2.45) is 0 Å². The smallest absolute Gasteiger partial charge is 0.313 e. The molecular formula is C15H21NO4. The quantitative estimate of drug-likeness (QED) is 0.592. The Bertz CT molecular complexity index is 483. The number of hydrogen-bond acceptors (Lipinski definition) is 4. The normalized spacial score (nSPS) is 10.9. The topological polar surface area (TPSA) is 75.6 Å². The standard InChI is InChI=1S/C15H21NO4/c1-15(2,14(18)19)11-7-4-5-8-12(11)16-10-6-9-13(17)20-3/h4-5,7-8,16H,6,9-10H2,1-3H3,(H,18,19). The van der Waals surface area contributed by atoms with Crippen LogP contribution in [0.15, 0.2) is 24.3 Å². The van der Waals surface area contributed by atoms with E-state index in [-0.39, 0.29) is 5.97 Å². The number of nitrogens with one attached hydrogen (secondary N) is 1. The predicted octanol–water partition coefficient (Wildman–Crippen LogP) is 2.41. The van der Waals surface area contributed by atoms with E-state index >= 15 is 0 Å². The first-order valence-electron chi connectivity index (χ1n) is 6.53. The second-order valence-electron chi connectivity index (χ2n) is 5.08. The maximum absolute atomic E-state index is 11.3. The first-order chi connectivity index (χ1) is 9.39. The Hall–Kier alpha value is -2.04. The first kappa shape index (κ1) is 16.0. The fraction of sp³-hybridized carbons (Fsp3) is 0.467. The van der Waals surface area contributed by atoms with E-state index in [0.717, 1.165) is 11.3 Å². The number of hydrogen-bond donors (Lipinski definition) is 2. The molecule has 0 aliphatic rings. The molecule has 0 unspecified atom stereocenters. The van der Waals surface area contributed by atoms with Crippen LogP contribution in [0.25, 0.3) is 0 Å². The molecule has 5 nitrogen and oxygen atoms in total. The van der Waals surface area contributed by atoms with E-state index in [1.54, 1.807) is 19.9 Å². The second kappa shape index (κ2) is 6.93. The molecule has 0 amide bonds. The van der Waals surface area contributed by atoms with Crippen molar-refractivity contribution >= 4 is 17.6 Å². The van der Waals surface area contributed by atoms with Crippen LogP contribution >= 0.6 is 0 Å². The fourth-order valence-electron chi connectivity index (χ4n) is 1.86. The fourth-order valence-corrected chi connectivity index (χ4v) is 1.86. The van der Waals surface area contributed by atoms with Crippen LogP contribution in [-0.4, -0.2) is 30.7 Å². The molecule has 0 saturated heterocycles. The van der Waals surface area contributed by atoms with Gasteiger partial charge in [0, 0.05) is 18.7 Å². The predicted molar refractivity (Wildman–Crippen MR) is 76.8 cm³/mol. The summed E-state index contributed by atoms with van der Waals surface area (Å²) in [5.41, 5.74) is 0.543. The zero-order valence-electron chi connectivity index (χ0n) is 12.1. The van der Waals surface area contributed by atoms with Gasteiger partial charge in [-0.15, -0.1) is 0 Å². The van der Waals surface area contributed by atoms with Gasteiger partial charge in [0.1, 0.15) is 0 Å². The highest BCUT2D eigenvalue weighted by atomic mass is 16.5. The van der Waals surface area contributed by atoms with Gasteiger partial charge in [0.05, 0.1) is 12.5 Å². The monoisotopic (exact) mass is 279 g/mol. The van der Waals surface area contributed by atoms with Gasteiger partial charge >= 0.3 is 11.9 Å². The van der Waals surface area contributed by atoms with Crippen LogP contribution in [0.3, 0.4) is 0 Å². The number of para-hydroxylation sites is 1. The van der Waals surface area contributed by atoms with Crippen molar-refractivity contribution in [2.75, 3.05) is 19.0 Å². The molecule has 1 rings (SSSR count). The van der Waals surface area contributed by atoms with Gasteiger partial charge in [0.15, 0.2) is 0 Å². The summed E-state index contributed by atoms with van der Waals surface area (Å²) in [6, 6.07) is 7.32. The Balaban J connectivity index is 2.72. The minimum Gasteiger partial charge on any atom is -0.481 e. The van der Waals surface area contributed by atoms with Gasteiger partial charge in [-0.3, -0.25) is 9.59 Å². The Morgan fingerprint density at radius 3 is 2.55 bits per heavy atom. The van der Waals surface area contributed by atoms with Crippen molar-refractivity contribution in [2.45, 2.75) is 32.1 Å². The Morgan fingerprint density at radius 1 is 1.30 bits per heavy atom. The lowest BCUT2D eigenvalue weighted by molar-refractivity contribution is -0.142. The maximum Gasteiger partial charge on any atom is 0.313 e. The minimum atomic E-state index is -0.966. The first-order valence-corrected chi connectivity index (χ1v) is 6.53. The van der Waals surface area contributed by atoms with E-state index in [2.05, 4.69) is 10.1 Å². The van der Waals surface area contributed by atoms with Crippen LogP contribution in [0.2, 0.25) is 0 Å². The third-order valence-corrected chi connectivity index (χ3v) is 3.24. The number of rotatable bonds is 7. The molecule has 110 valence electrons. The average Bonchev–Trinajstić information content (AvgIpc) is 2.43. The van der Waals surface area contributed by atoms with Crippen molar-refractivity contribution in [3.05, 3.63) is 29.8 Å². The molecule has 2 N–H and O–H groups in total. The maximum atomic E-state index is 11.3. The SMILES string of the molecule is COC(=O)CCCNc1ccccc1C(C)(C)C(=O)O. The van der Waals surface area contributed by atoms with Crippen molar-refractivity contribution in [1.82, 2.24) is 0 Å². The highest BCUT2D eigenvalue weighted by Gasteiger charge is 2.31. The Morgan fingerprint density at radius 2 is 1.95 bits per heavy atom. The lowest BCUT2D eigenvalue weighted by Crippen LogP contribution is -2.29. The van der Waals surface area contributed by atoms with E-state index in [1.807, 2.05) is 18.2 Å². The number of esters is 1. The lowest BCUT2D eigenvalue weighted by atomic mass is 9.83. The van der Waals surface area contributed by atoms with Crippen molar-refractivity contribution < 1.29 is 19.4 Å². The van der Waals surface area contributed by atoms with Crippen molar-refractivity contribution in [1.29, 1.82) is 0 Å². The number of ether oxygens (including phenoxy) is 1. The van der Waals surface area contributed by atoms with E-state index < -0.39 is 11.4 Å². The Labute approximate surface area is 118 Å². The zero-order chi connectivity index (χ0) is 15.2. The Kier molecular flexibility index (Phi) is 5.55. The van der Waals surface area contributed by atoms with Crippen molar-refractivity contribution in [3.63, 3.8) is 0 Å². The summed E-state index contributed by atoms with van der Waals surface area (Å²) in [5, 5.41) is 12.5. The number of benzene rings is 1. The number of carboxylic acid groups (broad SMARTS) is 1. The number of carbonyl (C=O) groups excluding carboxylic acids is 1. The summed E-state index contributed by atoms with van der Waals surface area (Å²) >= 11 is 0. The molecule has 0 spiro atoms. The van der Waals surface area contributed by atoms with E-state index in [0.29, 0.717) is 19.4 Å². The minimum absolute atomic E-state index is 0.244. The molecular weight excluding hydrogens is 258 g/mol. The molecule has 1 aromatic rings. The number of aliphatic carboxylic acids is 1. The second-order valence-corrected chi connectivity index (χ2v) is 5.08. The van der Waals surface area contributed by atoms with Crippen LogP contribution in [0, 0.1) is 0 Å². The van der Waals surface area contributed by atoms with Crippen LogP contribution in [0.4, 0.5) is 5.69 Å². The molecule has 0 atom stereocenters. The summed E-state index contributed by atoms with van der Waals surface area (Å²) in [6.45, 7) is 3.93. The molecule has 0 radical (unpaired) electrons. The highest BCUT2D eigenvalue weighted by molar-refractivity contribution is 5.83. The summed E-state index contributed by atoms with van der Waals surface area (Å²) in [7, 11) is 1.36. The van der Waals surface area contributed by atoms with Crippen LogP contribution in [0.5, 0.6) is 0 Å². The van der Waals surface area contributed by atoms with Crippen molar-refractivity contribution in [3.8, 4) is 0 Å². The largest absolute Gasteiger partial charge is 0.481 e. The number of methoxy groups -OCH3 is 1. The van der Waals surface area contributed by atoms with Gasteiger partial charge in [-0.2, -0.15) is 0 Å². The van der Waals surface area contributed by atoms with Gasteiger partial charge in [0.2, 0.25) is 0 Å². The molecule has 1 aromatic carbocycles. The molecule has 0 fully saturated rings. The van der Waals surface area contributed by atoms with Gasteiger partial charge in [-0.25, -0.2) is 0 Å². The molecule has 0 bridgehead atoms. The zero-order valence-corrected chi connectivity index (χ0v) is 12.1. The van der Waals surface area contributed by atoms with E-state index in [1.165, 1.54) is 7.11 Å². The number of carbonyl (C=O) groups is 2. The van der Waals surface area contributed by atoms with Gasteiger partial charge in [-0.1, -0.05) is 18.2 Å². The van der Waals surface area contributed by atoms with E-state index in [4.69, 9.17) is 0 Å². The van der Waals surface area contributed by atoms with Gasteiger partial charge in [-0.05, 0) is 31.9 Å². The highest BCUT2D eigenvalue weighted by Crippen LogP contribution is 2.30. The summed E-state index contributed by atoms with van der Waals surface area (Å²) in [4.78, 5) is 22.4. The molecule has 0 heterocycles. The molecule has 0 aliphatic carbocycles. The molecule has 20 heavy (non-hydrogen) atoms. The van der Waals surface area contributed by atoms with Gasteiger partial charge < -0.3 is 15.2 Å². The molecule has 0 saturated carbocycles. The summed E-state index contributed by atoms with van der Waals surface area (Å²) < 4.78 is 4.57. The number of carboxylic acids is 1. The summed E-state index contributed by atoms with van der Waals surface area (Å²) in [5.74, 6) is -1.12. The van der Waals surface area contributed by atoms with Crippen LogP contribution in [0.1, 0.15) is 32.3 Å². The van der Waals surface area contributed by atoms with Gasteiger partial charge in [0.25, 0.3) is 0 Å². The van der Waals surface area contributed by atoms with E-state index in [9.17, 15) is 14.7 Å². The molecule has 5 heteroatoms. The third kappa shape index (κ3) is 3.98. The molecule has 0 aliphatic heterocycles. The molecule has 0 aromatic heterocycles. The number of anilines is 1. The third-order valence-electron chi connectivity index (χ3n) is 3.24.